The topological polar surface area (TPSA) is 68.3 Å². The highest BCUT2D eigenvalue weighted by Crippen LogP contribution is 2.44. The van der Waals surface area contributed by atoms with Gasteiger partial charge in [-0.1, -0.05) is 18.2 Å². The van der Waals surface area contributed by atoms with Crippen LogP contribution in [0, 0.1) is 5.92 Å². The van der Waals surface area contributed by atoms with E-state index in [4.69, 9.17) is 14.3 Å². The van der Waals surface area contributed by atoms with Gasteiger partial charge in [-0.15, -0.1) is 6.58 Å². The Hall–Kier alpha value is -2.38. The quantitative estimate of drug-likeness (QED) is 0.538. The molecule has 29 heavy (non-hydrogen) atoms. The maximum absolute atomic E-state index is 12.6. The van der Waals surface area contributed by atoms with Crippen molar-refractivity contribution >= 4 is 11.9 Å². The van der Waals surface area contributed by atoms with Crippen molar-refractivity contribution in [2.24, 2.45) is 5.92 Å². The van der Waals surface area contributed by atoms with Gasteiger partial charge in [0.1, 0.15) is 5.75 Å². The number of carbonyl (C=O) groups is 2. The fourth-order valence-corrected chi connectivity index (χ4v) is 4.86. The van der Waals surface area contributed by atoms with Crippen molar-refractivity contribution in [3.8, 4) is 5.75 Å². The van der Waals surface area contributed by atoms with Gasteiger partial charge in [-0.25, -0.2) is 5.06 Å². The molecule has 0 radical (unpaired) electrons. The molecule has 3 aliphatic rings. The third-order valence-electron chi connectivity index (χ3n) is 6.35. The number of carbonyl (C=O) groups excluding carboxylic acids is 2. The highest BCUT2D eigenvalue weighted by atomic mass is 16.7. The second kappa shape index (κ2) is 8.16. The minimum absolute atomic E-state index is 0.134. The standard InChI is InChI=1S/C22H28N2O5/c1-3-11-29-24-20(25)14-18(21(26)27-2)22(24)7-9-23(10-8-22)15-16-4-5-19-17(13-16)6-12-28-19/h3-5,13,18H,1,6-12,14-15H2,2H3/t18-/m1/s1. The number of fused-ring (bicyclic) bond motifs is 1. The summed E-state index contributed by atoms with van der Waals surface area (Å²) < 4.78 is 10.6. The Balaban J connectivity index is 1.47. The first-order chi connectivity index (χ1) is 14.1. The highest BCUT2D eigenvalue weighted by Gasteiger charge is 2.58. The largest absolute Gasteiger partial charge is 0.493 e. The zero-order valence-electron chi connectivity index (χ0n) is 16.9. The minimum Gasteiger partial charge on any atom is -0.493 e. The van der Waals surface area contributed by atoms with E-state index in [2.05, 4.69) is 29.7 Å². The summed E-state index contributed by atoms with van der Waals surface area (Å²) in [5.74, 6) is 0.000278. The number of hydrogen-bond acceptors (Lipinski definition) is 6. The molecule has 7 heteroatoms. The van der Waals surface area contributed by atoms with E-state index in [1.165, 1.54) is 23.3 Å². The fraction of sp³-hybridized carbons (Fsp3) is 0.545. The normalized spacial score (nSPS) is 23.1. The van der Waals surface area contributed by atoms with Crippen molar-refractivity contribution in [3.05, 3.63) is 42.0 Å². The average molecular weight is 400 g/mol. The molecular weight excluding hydrogens is 372 g/mol. The summed E-state index contributed by atoms with van der Waals surface area (Å²) in [5, 5.41) is 1.44. The summed E-state index contributed by atoms with van der Waals surface area (Å²) in [7, 11) is 1.38. The van der Waals surface area contributed by atoms with Gasteiger partial charge in [0.05, 0.1) is 31.8 Å². The van der Waals surface area contributed by atoms with Gasteiger partial charge in [-0.2, -0.15) is 0 Å². The van der Waals surface area contributed by atoms with Crippen LogP contribution in [0.5, 0.6) is 5.75 Å². The molecular formula is C22H28N2O5. The lowest BCUT2D eigenvalue weighted by atomic mass is 9.77. The summed E-state index contributed by atoms with van der Waals surface area (Å²) in [5.41, 5.74) is 1.89. The van der Waals surface area contributed by atoms with Gasteiger partial charge in [0.15, 0.2) is 0 Å². The Labute approximate surface area is 171 Å². The number of amides is 1. The lowest BCUT2D eigenvalue weighted by Gasteiger charge is -2.45. The van der Waals surface area contributed by atoms with E-state index in [-0.39, 0.29) is 24.9 Å². The molecule has 0 aromatic heterocycles. The molecule has 7 nitrogen and oxygen atoms in total. The van der Waals surface area contributed by atoms with Gasteiger partial charge in [0.25, 0.3) is 0 Å². The van der Waals surface area contributed by atoms with Crippen LogP contribution in [-0.2, 0) is 32.1 Å². The molecule has 156 valence electrons. The van der Waals surface area contributed by atoms with Crippen LogP contribution in [0.3, 0.4) is 0 Å². The van der Waals surface area contributed by atoms with Crippen LogP contribution in [-0.4, -0.2) is 60.8 Å². The number of benzene rings is 1. The highest BCUT2D eigenvalue weighted by molar-refractivity contribution is 5.88. The molecule has 1 aromatic carbocycles. The summed E-state index contributed by atoms with van der Waals surface area (Å²) >= 11 is 0. The molecule has 3 heterocycles. The lowest BCUT2D eigenvalue weighted by molar-refractivity contribution is -0.218. The Morgan fingerprint density at radius 3 is 2.90 bits per heavy atom. The summed E-state index contributed by atoms with van der Waals surface area (Å²) in [6, 6.07) is 6.39. The second-order valence-corrected chi connectivity index (χ2v) is 7.97. The first-order valence-electron chi connectivity index (χ1n) is 10.2. The molecule has 0 aliphatic carbocycles. The number of nitrogens with zero attached hydrogens (tertiary/aromatic N) is 2. The fourth-order valence-electron chi connectivity index (χ4n) is 4.86. The molecule has 3 aliphatic heterocycles. The maximum atomic E-state index is 12.6. The van der Waals surface area contributed by atoms with Crippen LogP contribution in [0.25, 0.3) is 0 Å². The second-order valence-electron chi connectivity index (χ2n) is 7.97. The van der Waals surface area contributed by atoms with E-state index >= 15 is 0 Å². The predicted molar refractivity (Wildman–Crippen MR) is 106 cm³/mol. The van der Waals surface area contributed by atoms with Crippen LogP contribution in [0.2, 0.25) is 0 Å². The van der Waals surface area contributed by atoms with Crippen LogP contribution < -0.4 is 4.74 Å². The molecule has 1 aromatic rings. The van der Waals surface area contributed by atoms with Gasteiger partial charge >= 0.3 is 5.97 Å². The van der Waals surface area contributed by atoms with Crippen molar-refractivity contribution < 1.29 is 23.9 Å². The predicted octanol–water partition coefficient (Wildman–Crippen LogP) is 2.10. The zero-order chi connectivity index (χ0) is 20.4. The number of esters is 1. The van der Waals surface area contributed by atoms with Crippen molar-refractivity contribution in [1.82, 2.24) is 9.96 Å². The Kier molecular flexibility index (Phi) is 5.61. The van der Waals surface area contributed by atoms with Gasteiger partial charge in [-0.3, -0.25) is 19.3 Å². The lowest BCUT2D eigenvalue weighted by Crippen LogP contribution is -2.57. The van der Waals surface area contributed by atoms with E-state index in [0.29, 0.717) is 12.8 Å². The first kappa shape index (κ1) is 19.9. The number of hydrogen-bond donors (Lipinski definition) is 0. The Morgan fingerprint density at radius 2 is 2.17 bits per heavy atom. The van der Waals surface area contributed by atoms with Crippen LogP contribution >= 0.6 is 0 Å². The van der Waals surface area contributed by atoms with Gasteiger partial charge in [-0.05, 0) is 30.0 Å². The van der Waals surface area contributed by atoms with Gasteiger partial charge < -0.3 is 9.47 Å². The molecule has 1 spiro atoms. The minimum atomic E-state index is -0.643. The van der Waals surface area contributed by atoms with E-state index in [9.17, 15) is 9.59 Å². The maximum Gasteiger partial charge on any atom is 0.311 e. The smallest absolute Gasteiger partial charge is 0.311 e. The van der Waals surface area contributed by atoms with E-state index < -0.39 is 11.5 Å². The molecule has 0 bridgehead atoms. The number of piperidine rings is 1. The number of rotatable bonds is 6. The molecule has 0 unspecified atom stereocenters. The number of hydroxylamine groups is 2. The van der Waals surface area contributed by atoms with E-state index in [0.717, 1.165) is 38.4 Å². The zero-order valence-corrected chi connectivity index (χ0v) is 16.9. The Morgan fingerprint density at radius 1 is 1.38 bits per heavy atom. The summed E-state index contributed by atoms with van der Waals surface area (Å²) in [4.78, 5) is 33.1. The third-order valence-corrected chi connectivity index (χ3v) is 6.35. The van der Waals surface area contributed by atoms with E-state index in [1.807, 2.05) is 0 Å². The van der Waals surface area contributed by atoms with Crippen molar-refractivity contribution in [3.63, 3.8) is 0 Å². The summed E-state index contributed by atoms with van der Waals surface area (Å²) in [6.07, 6.45) is 4.05. The van der Waals surface area contributed by atoms with Crippen LogP contribution in [0.4, 0.5) is 0 Å². The molecule has 1 atom stereocenters. The average Bonchev–Trinajstić information content (AvgIpc) is 3.30. The molecule has 2 fully saturated rings. The van der Waals surface area contributed by atoms with Crippen LogP contribution in [0.15, 0.2) is 30.9 Å². The monoisotopic (exact) mass is 400 g/mol. The van der Waals surface area contributed by atoms with Crippen molar-refractivity contribution in [1.29, 1.82) is 0 Å². The first-order valence-corrected chi connectivity index (χ1v) is 10.2. The van der Waals surface area contributed by atoms with Crippen LogP contribution in [0.1, 0.15) is 30.4 Å². The molecule has 1 amide bonds. The third kappa shape index (κ3) is 3.65. The molecule has 0 N–H and O–H groups in total. The number of methoxy groups -OCH3 is 1. The molecule has 4 rings (SSSR count). The van der Waals surface area contributed by atoms with Crippen molar-refractivity contribution in [2.75, 3.05) is 33.4 Å². The van der Waals surface area contributed by atoms with E-state index in [1.54, 1.807) is 6.08 Å². The van der Waals surface area contributed by atoms with Crippen molar-refractivity contribution in [2.45, 2.75) is 37.8 Å². The van der Waals surface area contributed by atoms with Gasteiger partial charge in [0, 0.05) is 32.5 Å². The Bertz CT molecular complexity index is 800. The van der Waals surface area contributed by atoms with Gasteiger partial charge in [0.2, 0.25) is 5.91 Å². The molecule has 0 saturated carbocycles. The number of ether oxygens (including phenoxy) is 2. The summed E-state index contributed by atoms with van der Waals surface area (Å²) in [6.45, 7) is 7.06. The number of likely N-dealkylation sites (tertiary alicyclic amines) is 1. The SMILES string of the molecule is C=CCON1C(=O)C[C@H](C(=O)OC)C12CCN(Cc1ccc3c(c1)CCO3)CC2. The molecule has 2 saturated heterocycles.